The number of nitrogens with zero attached hydrogens (tertiary/aromatic N) is 2. The van der Waals surface area contributed by atoms with Crippen LogP contribution in [-0.2, 0) is 6.42 Å². The van der Waals surface area contributed by atoms with Crippen LogP contribution < -0.4 is 15.0 Å². The summed E-state index contributed by atoms with van der Waals surface area (Å²) in [5.74, 6) is 0.767. The number of β-amino-alcohol motifs (C(OH)–C–C–N with tert-alkyl or cyclic N) is 1. The number of amides is 2. The Kier molecular flexibility index (Phi) is 6.77. The first-order valence-electron chi connectivity index (χ1n) is 10.5. The normalized spacial score (nSPS) is 18.1. The minimum atomic E-state index is -0.538. The summed E-state index contributed by atoms with van der Waals surface area (Å²) in [5.41, 5.74) is 2.08. The van der Waals surface area contributed by atoms with Gasteiger partial charge in [-0.25, -0.2) is 4.79 Å². The molecule has 2 aromatic rings. The van der Waals surface area contributed by atoms with E-state index in [1.54, 1.807) is 0 Å². The number of carbonyl (C=O) groups is 1. The maximum absolute atomic E-state index is 12.8. The molecule has 0 saturated carbocycles. The molecule has 2 N–H and O–H groups in total. The summed E-state index contributed by atoms with van der Waals surface area (Å²) in [4.78, 5) is 16.8. The summed E-state index contributed by atoms with van der Waals surface area (Å²) in [6.45, 7) is 3.24. The fourth-order valence-electron chi connectivity index (χ4n) is 4.15. The van der Waals surface area contributed by atoms with E-state index < -0.39 is 6.10 Å². The molecule has 30 heavy (non-hydrogen) atoms. The number of aliphatic hydroxyl groups is 1. The van der Waals surface area contributed by atoms with Crippen LogP contribution >= 0.6 is 11.6 Å². The number of benzene rings is 2. The van der Waals surface area contributed by atoms with Crippen molar-refractivity contribution in [2.75, 3.05) is 37.7 Å². The predicted octanol–water partition coefficient (Wildman–Crippen LogP) is 3.32. The number of nitrogens with one attached hydrogen (secondary N) is 1. The van der Waals surface area contributed by atoms with Crippen LogP contribution in [0.3, 0.4) is 0 Å². The molecular formula is C23H28ClN3O3. The van der Waals surface area contributed by atoms with Crippen LogP contribution in [0.2, 0.25) is 5.02 Å². The van der Waals surface area contributed by atoms with Gasteiger partial charge in [0.2, 0.25) is 0 Å². The molecule has 2 aliphatic heterocycles. The zero-order chi connectivity index (χ0) is 20.9. The molecule has 0 aliphatic carbocycles. The van der Waals surface area contributed by atoms with Gasteiger partial charge in [0.15, 0.2) is 0 Å². The van der Waals surface area contributed by atoms with E-state index >= 15 is 0 Å². The topological polar surface area (TPSA) is 65.0 Å². The maximum atomic E-state index is 12.8. The number of carbonyl (C=O) groups excluding carboxylic acids is 1. The Morgan fingerprint density at radius 2 is 1.93 bits per heavy atom. The highest BCUT2D eigenvalue weighted by Gasteiger charge is 2.28. The summed E-state index contributed by atoms with van der Waals surface area (Å²) in [7, 11) is 0. The monoisotopic (exact) mass is 429 g/mol. The molecule has 4 rings (SSSR count). The Labute approximate surface area is 182 Å². The van der Waals surface area contributed by atoms with Crippen LogP contribution in [0, 0.1) is 0 Å². The van der Waals surface area contributed by atoms with Crippen molar-refractivity contribution in [3.05, 3.63) is 59.1 Å². The molecule has 2 aromatic carbocycles. The molecule has 2 heterocycles. The predicted molar refractivity (Wildman–Crippen MR) is 118 cm³/mol. The summed E-state index contributed by atoms with van der Waals surface area (Å²) in [5, 5.41) is 14.2. The van der Waals surface area contributed by atoms with E-state index in [0.717, 1.165) is 49.4 Å². The highest BCUT2D eigenvalue weighted by molar-refractivity contribution is 6.30. The number of hydrogen-bond acceptors (Lipinski definition) is 4. The van der Waals surface area contributed by atoms with Crippen LogP contribution in [-0.4, -0.2) is 61.0 Å². The average molecular weight is 430 g/mol. The fraction of sp³-hybridized carbons (Fsp3) is 0.435. The number of fused-ring (bicyclic) bond motifs is 1. The highest BCUT2D eigenvalue weighted by atomic mass is 35.5. The van der Waals surface area contributed by atoms with E-state index in [0.29, 0.717) is 18.1 Å². The number of halogens is 1. The summed E-state index contributed by atoms with van der Waals surface area (Å²) in [6, 6.07) is 15.3. The lowest BCUT2D eigenvalue weighted by atomic mass is 10.0. The molecule has 0 spiro atoms. The second-order valence-corrected chi connectivity index (χ2v) is 8.41. The van der Waals surface area contributed by atoms with E-state index in [1.165, 1.54) is 0 Å². The SMILES string of the molecule is O=C(NC1CCN(CC(O)COc2ccccc2)CC1)N1CCc2cc(Cl)ccc21. The number of para-hydroxylation sites is 1. The number of likely N-dealkylation sites (tertiary alicyclic amines) is 1. The van der Waals surface area contributed by atoms with Gasteiger partial charge in [-0.05, 0) is 55.2 Å². The van der Waals surface area contributed by atoms with Gasteiger partial charge in [0.1, 0.15) is 18.5 Å². The fourth-order valence-corrected chi connectivity index (χ4v) is 4.35. The Bertz CT molecular complexity index is 856. The number of ether oxygens (including phenoxy) is 1. The lowest BCUT2D eigenvalue weighted by molar-refractivity contribution is 0.0584. The van der Waals surface area contributed by atoms with Gasteiger partial charge in [-0.3, -0.25) is 4.90 Å². The third kappa shape index (κ3) is 5.25. The number of piperidine rings is 1. The van der Waals surface area contributed by atoms with Crippen LogP contribution in [0.25, 0.3) is 0 Å². The lowest BCUT2D eigenvalue weighted by Gasteiger charge is -2.34. The van der Waals surface area contributed by atoms with Crippen LogP contribution in [0.1, 0.15) is 18.4 Å². The lowest BCUT2D eigenvalue weighted by Crippen LogP contribution is -2.50. The number of rotatable bonds is 6. The summed E-state index contributed by atoms with van der Waals surface area (Å²) in [6.07, 6.45) is 2.05. The van der Waals surface area contributed by atoms with Crippen LogP contribution in [0.15, 0.2) is 48.5 Å². The maximum Gasteiger partial charge on any atom is 0.322 e. The first kappa shape index (κ1) is 21.0. The minimum Gasteiger partial charge on any atom is -0.491 e. The standard InChI is InChI=1S/C23H28ClN3O3/c24-18-6-7-22-17(14-18)8-13-27(22)23(29)25-19-9-11-26(12-10-19)15-20(28)16-30-21-4-2-1-3-5-21/h1-7,14,19-20,28H,8-13,15-16H2,(H,25,29). The second kappa shape index (κ2) is 9.69. The Morgan fingerprint density at radius 3 is 2.70 bits per heavy atom. The molecule has 1 atom stereocenters. The van der Waals surface area contributed by atoms with Gasteiger partial charge in [0.05, 0.1) is 0 Å². The van der Waals surface area contributed by atoms with Crippen molar-refractivity contribution in [3.63, 3.8) is 0 Å². The third-order valence-electron chi connectivity index (χ3n) is 5.75. The Morgan fingerprint density at radius 1 is 1.17 bits per heavy atom. The van der Waals surface area contributed by atoms with Gasteiger partial charge < -0.3 is 20.1 Å². The van der Waals surface area contributed by atoms with Gasteiger partial charge in [-0.15, -0.1) is 0 Å². The molecule has 0 bridgehead atoms. The summed E-state index contributed by atoms with van der Waals surface area (Å²) < 4.78 is 5.63. The molecule has 2 amide bonds. The molecule has 1 unspecified atom stereocenters. The summed E-state index contributed by atoms with van der Waals surface area (Å²) >= 11 is 6.06. The smallest absolute Gasteiger partial charge is 0.322 e. The van der Waals surface area contributed by atoms with Crippen molar-refractivity contribution in [3.8, 4) is 5.75 Å². The number of anilines is 1. The van der Waals surface area contributed by atoms with Crippen LogP contribution in [0.5, 0.6) is 5.75 Å². The molecule has 0 aromatic heterocycles. The third-order valence-corrected chi connectivity index (χ3v) is 5.99. The molecule has 2 aliphatic rings. The molecule has 1 saturated heterocycles. The van der Waals surface area contributed by atoms with E-state index in [1.807, 2.05) is 53.4 Å². The van der Waals surface area contributed by atoms with Gasteiger partial charge in [0.25, 0.3) is 0 Å². The van der Waals surface area contributed by atoms with E-state index in [4.69, 9.17) is 16.3 Å². The quantitative estimate of drug-likeness (QED) is 0.739. The van der Waals surface area contributed by atoms with Crippen molar-refractivity contribution in [2.24, 2.45) is 0 Å². The van der Waals surface area contributed by atoms with Gasteiger partial charge >= 0.3 is 6.03 Å². The molecule has 0 radical (unpaired) electrons. The molecular weight excluding hydrogens is 402 g/mol. The van der Waals surface area contributed by atoms with E-state index in [9.17, 15) is 9.90 Å². The molecule has 7 heteroatoms. The molecule has 6 nitrogen and oxygen atoms in total. The zero-order valence-electron chi connectivity index (χ0n) is 17.0. The van der Waals surface area contributed by atoms with Crippen molar-refractivity contribution in [1.82, 2.24) is 10.2 Å². The molecule has 1 fully saturated rings. The van der Waals surface area contributed by atoms with Crippen molar-refractivity contribution in [1.29, 1.82) is 0 Å². The first-order valence-corrected chi connectivity index (χ1v) is 10.9. The van der Waals surface area contributed by atoms with Crippen molar-refractivity contribution < 1.29 is 14.6 Å². The van der Waals surface area contributed by atoms with Gasteiger partial charge in [-0.2, -0.15) is 0 Å². The minimum absolute atomic E-state index is 0.0363. The Hall–Kier alpha value is -2.28. The first-order chi connectivity index (χ1) is 14.6. The highest BCUT2D eigenvalue weighted by Crippen LogP contribution is 2.30. The number of urea groups is 1. The Balaban J connectivity index is 1.19. The number of aliphatic hydroxyl groups excluding tert-OH is 1. The number of hydrogen-bond donors (Lipinski definition) is 2. The zero-order valence-corrected chi connectivity index (χ0v) is 17.7. The van der Waals surface area contributed by atoms with E-state index in [2.05, 4.69) is 10.2 Å². The molecule has 160 valence electrons. The second-order valence-electron chi connectivity index (χ2n) is 7.98. The van der Waals surface area contributed by atoms with Crippen LogP contribution in [0.4, 0.5) is 10.5 Å². The van der Waals surface area contributed by atoms with E-state index in [-0.39, 0.29) is 18.7 Å². The van der Waals surface area contributed by atoms with Gasteiger partial charge in [-0.1, -0.05) is 29.8 Å². The van der Waals surface area contributed by atoms with Gasteiger partial charge in [0, 0.05) is 42.9 Å². The average Bonchev–Trinajstić information content (AvgIpc) is 3.17. The largest absolute Gasteiger partial charge is 0.491 e. The van der Waals surface area contributed by atoms with Crippen molar-refractivity contribution >= 4 is 23.3 Å². The van der Waals surface area contributed by atoms with Crippen molar-refractivity contribution in [2.45, 2.75) is 31.4 Å².